The molecule has 0 saturated heterocycles. The summed E-state index contributed by atoms with van der Waals surface area (Å²) in [4.78, 5) is 0. The molecule has 0 saturated carbocycles. The fraction of sp³-hybridized carbons (Fsp3) is 0.286. The molecule has 2 aromatic carbocycles. The predicted molar refractivity (Wildman–Crippen MR) is 78.3 cm³/mol. The van der Waals surface area contributed by atoms with Crippen LogP contribution < -0.4 is 4.18 Å². The number of benzene rings is 2. The lowest BCUT2D eigenvalue weighted by Gasteiger charge is -2.04. The number of rotatable bonds is 4. The molecular formula is C14H18O5S. The molecule has 5 nitrogen and oxygen atoms in total. The van der Waals surface area contributed by atoms with Crippen molar-refractivity contribution in [2.75, 3.05) is 13.2 Å². The van der Waals surface area contributed by atoms with E-state index in [1.165, 1.54) is 6.07 Å². The van der Waals surface area contributed by atoms with Gasteiger partial charge in [0.15, 0.2) is 5.75 Å². The van der Waals surface area contributed by atoms with Gasteiger partial charge in [0.05, 0.1) is 0 Å². The minimum absolute atomic E-state index is 0.121. The van der Waals surface area contributed by atoms with Crippen molar-refractivity contribution >= 4 is 21.2 Å². The zero-order chi connectivity index (χ0) is 15.0. The van der Waals surface area contributed by atoms with Crippen molar-refractivity contribution in [3.05, 3.63) is 42.5 Å². The van der Waals surface area contributed by atoms with E-state index in [0.717, 1.165) is 18.6 Å². The van der Waals surface area contributed by atoms with Crippen LogP contribution in [0.3, 0.4) is 0 Å². The molecular weight excluding hydrogens is 280 g/mol. The van der Waals surface area contributed by atoms with Gasteiger partial charge in [0, 0.05) is 18.6 Å². The Morgan fingerprint density at radius 3 is 2.15 bits per heavy atom. The van der Waals surface area contributed by atoms with Crippen LogP contribution >= 0.6 is 0 Å². The van der Waals surface area contributed by atoms with Crippen molar-refractivity contribution in [2.24, 2.45) is 0 Å². The first kappa shape index (κ1) is 16.4. The van der Waals surface area contributed by atoms with Gasteiger partial charge in [-0.2, -0.15) is 8.42 Å². The van der Waals surface area contributed by atoms with Crippen molar-refractivity contribution in [2.45, 2.75) is 13.8 Å². The zero-order valence-corrected chi connectivity index (χ0v) is 12.3. The summed E-state index contributed by atoms with van der Waals surface area (Å²) in [5.41, 5.74) is 0. The van der Waals surface area contributed by atoms with Gasteiger partial charge in [0.25, 0.3) is 0 Å². The summed E-state index contributed by atoms with van der Waals surface area (Å²) >= 11 is 0. The standard InChI is InChI=1S/C10H8O4S.C4H10O/c11-15(12,13)14-10-7-3-5-8-4-1-2-6-9(8)10;1-3-5-4-2/h1-7H,(H,11,12,13);3-4H2,1-2H3. The van der Waals surface area contributed by atoms with E-state index in [4.69, 9.17) is 9.29 Å². The quantitative estimate of drug-likeness (QED) is 0.878. The Hall–Kier alpha value is -1.63. The van der Waals surface area contributed by atoms with E-state index in [2.05, 4.69) is 4.18 Å². The first-order valence-electron chi connectivity index (χ1n) is 6.20. The lowest BCUT2D eigenvalue weighted by Crippen LogP contribution is -2.06. The van der Waals surface area contributed by atoms with Gasteiger partial charge < -0.3 is 8.92 Å². The second-order valence-electron chi connectivity index (χ2n) is 3.77. The number of hydrogen-bond acceptors (Lipinski definition) is 4. The largest absolute Gasteiger partial charge is 0.446 e. The Kier molecular flexibility index (Phi) is 6.44. The summed E-state index contributed by atoms with van der Waals surface area (Å²) in [6, 6.07) is 12.1. The van der Waals surface area contributed by atoms with Gasteiger partial charge >= 0.3 is 10.4 Å². The molecule has 0 unspecified atom stereocenters. The van der Waals surface area contributed by atoms with Gasteiger partial charge in [-0.15, -0.1) is 0 Å². The SMILES string of the molecule is CCOCC.O=S(=O)(O)Oc1cccc2ccccc12. The molecule has 0 aliphatic heterocycles. The highest BCUT2D eigenvalue weighted by atomic mass is 32.3. The lowest BCUT2D eigenvalue weighted by molar-refractivity contribution is 0.162. The maximum Gasteiger partial charge on any atom is 0.446 e. The molecule has 2 aromatic rings. The van der Waals surface area contributed by atoms with Crippen molar-refractivity contribution in [3.63, 3.8) is 0 Å². The molecule has 2 rings (SSSR count). The Labute approximate surface area is 119 Å². The first-order chi connectivity index (χ1) is 9.48. The van der Waals surface area contributed by atoms with Gasteiger partial charge in [-0.3, -0.25) is 4.55 Å². The van der Waals surface area contributed by atoms with Crippen molar-refractivity contribution < 1.29 is 21.9 Å². The van der Waals surface area contributed by atoms with Crippen LogP contribution in [0.2, 0.25) is 0 Å². The molecule has 0 atom stereocenters. The van der Waals surface area contributed by atoms with Crippen LogP contribution in [0.5, 0.6) is 5.75 Å². The summed E-state index contributed by atoms with van der Waals surface area (Å²) in [7, 11) is -4.47. The maximum atomic E-state index is 10.6. The van der Waals surface area contributed by atoms with E-state index in [1.54, 1.807) is 18.2 Å². The molecule has 110 valence electrons. The average Bonchev–Trinajstić information content (AvgIpc) is 2.39. The Morgan fingerprint density at radius 2 is 1.60 bits per heavy atom. The lowest BCUT2D eigenvalue weighted by atomic mass is 10.1. The summed E-state index contributed by atoms with van der Waals surface area (Å²) in [5.74, 6) is 0.121. The molecule has 0 spiro atoms. The molecule has 0 aromatic heterocycles. The molecule has 0 amide bonds. The zero-order valence-electron chi connectivity index (χ0n) is 11.4. The van der Waals surface area contributed by atoms with Gasteiger partial charge in [-0.05, 0) is 25.3 Å². The van der Waals surface area contributed by atoms with E-state index in [1.807, 2.05) is 32.0 Å². The maximum absolute atomic E-state index is 10.6. The summed E-state index contributed by atoms with van der Waals surface area (Å²) in [6.45, 7) is 5.67. The fourth-order valence-electron chi connectivity index (χ4n) is 1.59. The molecule has 20 heavy (non-hydrogen) atoms. The van der Waals surface area contributed by atoms with Crippen LogP contribution in [0, 0.1) is 0 Å². The normalized spacial score (nSPS) is 10.8. The summed E-state index contributed by atoms with van der Waals surface area (Å²) in [6.07, 6.45) is 0. The topological polar surface area (TPSA) is 72.8 Å². The minimum Gasteiger partial charge on any atom is -0.382 e. The molecule has 6 heteroatoms. The van der Waals surface area contributed by atoms with Gasteiger partial charge in [-0.1, -0.05) is 36.4 Å². The van der Waals surface area contributed by atoms with Gasteiger partial charge in [-0.25, -0.2) is 0 Å². The molecule has 0 aliphatic carbocycles. The highest BCUT2D eigenvalue weighted by molar-refractivity contribution is 7.81. The molecule has 0 heterocycles. The van der Waals surface area contributed by atoms with Crippen molar-refractivity contribution in [1.29, 1.82) is 0 Å². The van der Waals surface area contributed by atoms with Crippen molar-refractivity contribution in [1.82, 2.24) is 0 Å². The fourth-order valence-corrected chi connectivity index (χ4v) is 1.96. The van der Waals surface area contributed by atoms with E-state index in [0.29, 0.717) is 5.39 Å². The third-order valence-corrected chi connectivity index (χ3v) is 2.74. The highest BCUT2D eigenvalue weighted by Crippen LogP contribution is 2.25. The van der Waals surface area contributed by atoms with Crippen LogP contribution in [-0.4, -0.2) is 26.2 Å². The smallest absolute Gasteiger partial charge is 0.382 e. The molecule has 0 radical (unpaired) electrons. The third-order valence-electron chi connectivity index (χ3n) is 2.35. The van der Waals surface area contributed by atoms with Gasteiger partial charge in [0.1, 0.15) is 0 Å². The summed E-state index contributed by atoms with van der Waals surface area (Å²) < 4.78 is 39.0. The van der Waals surface area contributed by atoms with Crippen LogP contribution in [0.1, 0.15) is 13.8 Å². The second-order valence-corrected chi connectivity index (χ2v) is 4.79. The molecule has 1 N–H and O–H groups in total. The number of ether oxygens (including phenoxy) is 1. The molecule has 0 bridgehead atoms. The van der Waals surface area contributed by atoms with Crippen LogP contribution in [-0.2, 0) is 15.1 Å². The van der Waals surface area contributed by atoms with Gasteiger partial charge in [0.2, 0.25) is 0 Å². The predicted octanol–water partition coefficient (Wildman–Crippen LogP) is 3.06. The molecule has 0 fully saturated rings. The van der Waals surface area contributed by atoms with E-state index in [-0.39, 0.29) is 5.75 Å². The number of hydrogen-bond donors (Lipinski definition) is 1. The Balaban J connectivity index is 0.000000347. The first-order valence-corrected chi connectivity index (χ1v) is 7.56. The molecule has 0 aliphatic rings. The summed E-state index contributed by atoms with van der Waals surface area (Å²) in [5, 5.41) is 1.48. The Bertz CT molecular complexity index is 630. The van der Waals surface area contributed by atoms with Crippen LogP contribution in [0.15, 0.2) is 42.5 Å². The monoisotopic (exact) mass is 298 g/mol. The van der Waals surface area contributed by atoms with Crippen molar-refractivity contribution in [3.8, 4) is 5.75 Å². The van der Waals surface area contributed by atoms with E-state index >= 15 is 0 Å². The average molecular weight is 298 g/mol. The van der Waals surface area contributed by atoms with E-state index in [9.17, 15) is 8.42 Å². The highest BCUT2D eigenvalue weighted by Gasteiger charge is 2.09. The third kappa shape index (κ3) is 5.56. The van der Waals surface area contributed by atoms with Crippen LogP contribution in [0.4, 0.5) is 0 Å². The second kappa shape index (κ2) is 7.84. The van der Waals surface area contributed by atoms with E-state index < -0.39 is 10.4 Å². The van der Waals surface area contributed by atoms with Crippen LogP contribution in [0.25, 0.3) is 10.8 Å². The number of fused-ring (bicyclic) bond motifs is 1. The minimum atomic E-state index is -4.47. The Morgan fingerprint density at radius 1 is 1.00 bits per heavy atom.